The second kappa shape index (κ2) is 4.46. The minimum atomic E-state index is 0.0873. The highest BCUT2D eigenvalue weighted by Crippen LogP contribution is 2.34. The molecule has 2 nitrogen and oxygen atoms in total. The van der Waals surface area contributed by atoms with Crippen molar-refractivity contribution in [3.05, 3.63) is 15.6 Å². The first kappa shape index (κ1) is 12.1. The molecule has 1 atom stereocenters. The van der Waals surface area contributed by atoms with E-state index < -0.39 is 0 Å². The van der Waals surface area contributed by atoms with E-state index in [0.29, 0.717) is 0 Å². The van der Waals surface area contributed by atoms with Crippen LogP contribution in [0, 0.1) is 6.92 Å². The normalized spacial score (nSPS) is 19.8. The van der Waals surface area contributed by atoms with Crippen molar-refractivity contribution in [1.29, 1.82) is 0 Å². The Hall–Kier alpha value is -0.410. The Morgan fingerprint density at radius 3 is 2.56 bits per heavy atom. The molecule has 0 bridgehead atoms. The SMILES string of the molecule is CCc1nc(C(C)(CC)NC2CC2)sc1C. The summed E-state index contributed by atoms with van der Waals surface area (Å²) in [4.78, 5) is 6.19. The highest BCUT2D eigenvalue weighted by Gasteiger charge is 2.34. The molecule has 3 heteroatoms. The van der Waals surface area contributed by atoms with Crippen LogP contribution in [0.5, 0.6) is 0 Å². The molecule has 1 aliphatic rings. The zero-order chi connectivity index (χ0) is 11.8. The second-order valence-electron chi connectivity index (χ2n) is 4.98. The van der Waals surface area contributed by atoms with Gasteiger partial charge in [-0.3, -0.25) is 0 Å². The Kier molecular flexibility index (Phi) is 3.36. The van der Waals surface area contributed by atoms with Gasteiger partial charge in [-0.25, -0.2) is 4.98 Å². The van der Waals surface area contributed by atoms with Crippen LogP contribution in [0.2, 0.25) is 0 Å². The lowest BCUT2D eigenvalue weighted by Crippen LogP contribution is -2.40. The van der Waals surface area contributed by atoms with Crippen molar-refractivity contribution in [2.24, 2.45) is 0 Å². The predicted molar refractivity (Wildman–Crippen MR) is 70.0 cm³/mol. The summed E-state index contributed by atoms with van der Waals surface area (Å²) in [5.74, 6) is 0. The number of hydrogen-bond acceptors (Lipinski definition) is 3. The van der Waals surface area contributed by atoms with Crippen molar-refractivity contribution in [3.8, 4) is 0 Å². The fraction of sp³-hybridized carbons (Fsp3) is 0.769. The average molecular weight is 238 g/mol. The molecule has 0 amide bonds. The van der Waals surface area contributed by atoms with E-state index in [2.05, 4.69) is 33.0 Å². The molecule has 2 rings (SSSR count). The molecule has 0 saturated heterocycles. The standard InChI is InChI=1S/C13H22N2S/c1-5-11-9(3)16-12(14-11)13(4,6-2)15-10-7-8-10/h10,15H,5-8H2,1-4H3. The molecule has 0 radical (unpaired) electrons. The molecule has 16 heavy (non-hydrogen) atoms. The van der Waals surface area contributed by atoms with Gasteiger partial charge in [0.1, 0.15) is 5.01 Å². The summed E-state index contributed by atoms with van der Waals surface area (Å²) >= 11 is 1.87. The number of thiazole rings is 1. The van der Waals surface area contributed by atoms with Crippen LogP contribution in [0.25, 0.3) is 0 Å². The number of hydrogen-bond donors (Lipinski definition) is 1. The smallest absolute Gasteiger partial charge is 0.113 e. The highest BCUT2D eigenvalue weighted by atomic mass is 32.1. The lowest BCUT2D eigenvalue weighted by Gasteiger charge is -2.27. The number of nitrogens with one attached hydrogen (secondary N) is 1. The first-order valence-corrected chi connectivity index (χ1v) is 7.15. The van der Waals surface area contributed by atoms with E-state index in [1.807, 2.05) is 11.3 Å². The van der Waals surface area contributed by atoms with Gasteiger partial charge in [0.15, 0.2) is 0 Å². The van der Waals surface area contributed by atoms with Gasteiger partial charge >= 0.3 is 0 Å². The fourth-order valence-corrected chi connectivity index (χ4v) is 3.17. The number of aromatic nitrogens is 1. The molecule has 0 aromatic carbocycles. The first-order valence-electron chi connectivity index (χ1n) is 6.33. The maximum Gasteiger partial charge on any atom is 0.113 e. The van der Waals surface area contributed by atoms with Gasteiger partial charge in [0, 0.05) is 10.9 Å². The Morgan fingerprint density at radius 2 is 2.12 bits per heavy atom. The Bertz CT molecular complexity index is 368. The van der Waals surface area contributed by atoms with E-state index >= 15 is 0 Å². The lowest BCUT2D eigenvalue weighted by atomic mass is 10.00. The number of aryl methyl sites for hydroxylation is 2. The Labute approximate surface area is 102 Å². The molecule has 1 fully saturated rings. The molecule has 1 aromatic heterocycles. The summed E-state index contributed by atoms with van der Waals surface area (Å²) in [6.45, 7) is 8.91. The molecule has 1 saturated carbocycles. The van der Waals surface area contributed by atoms with Gasteiger partial charge in [-0.2, -0.15) is 0 Å². The third kappa shape index (κ3) is 2.30. The van der Waals surface area contributed by atoms with E-state index in [9.17, 15) is 0 Å². The van der Waals surface area contributed by atoms with E-state index in [4.69, 9.17) is 4.98 Å². The van der Waals surface area contributed by atoms with Crippen LogP contribution in [-0.2, 0) is 12.0 Å². The van der Waals surface area contributed by atoms with E-state index in [1.165, 1.54) is 28.4 Å². The topological polar surface area (TPSA) is 24.9 Å². The number of rotatable bonds is 5. The van der Waals surface area contributed by atoms with E-state index in [1.54, 1.807) is 0 Å². The van der Waals surface area contributed by atoms with Crippen LogP contribution in [0.1, 0.15) is 55.6 Å². The van der Waals surface area contributed by atoms with Gasteiger partial charge in [0.05, 0.1) is 11.2 Å². The van der Waals surface area contributed by atoms with Gasteiger partial charge in [-0.1, -0.05) is 13.8 Å². The lowest BCUT2D eigenvalue weighted by molar-refractivity contribution is 0.348. The van der Waals surface area contributed by atoms with Gasteiger partial charge in [-0.05, 0) is 39.5 Å². The molecular formula is C13H22N2S. The molecule has 0 spiro atoms. The van der Waals surface area contributed by atoms with Crippen LogP contribution < -0.4 is 5.32 Å². The third-order valence-electron chi connectivity index (χ3n) is 3.51. The summed E-state index contributed by atoms with van der Waals surface area (Å²) in [6, 6.07) is 0.735. The van der Waals surface area contributed by atoms with Crippen molar-refractivity contribution >= 4 is 11.3 Å². The summed E-state index contributed by atoms with van der Waals surface area (Å²) in [5.41, 5.74) is 1.36. The Balaban J connectivity index is 2.23. The second-order valence-corrected chi connectivity index (χ2v) is 6.18. The zero-order valence-corrected chi connectivity index (χ0v) is 11.6. The van der Waals surface area contributed by atoms with Crippen LogP contribution in [-0.4, -0.2) is 11.0 Å². The summed E-state index contributed by atoms with van der Waals surface area (Å²) in [6.07, 6.45) is 4.83. The van der Waals surface area contributed by atoms with Crippen molar-refractivity contribution in [1.82, 2.24) is 10.3 Å². The summed E-state index contributed by atoms with van der Waals surface area (Å²) < 4.78 is 0. The average Bonchev–Trinajstić information content (AvgIpc) is 2.99. The molecule has 1 heterocycles. The van der Waals surface area contributed by atoms with Crippen LogP contribution in [0.3, 0.4) is 0 Å². The fourth-order valence-electron chi connectivity index (χ4n) is 1.99. The summed E-state index contributed by atoms with van der Waals surface area (Å²) in [7, 11) is 0. The van der Waals surface area contributed by atoms with Gasteiger partial charge in [-0.15, -0.1) is 11.3 Å². The molecular weight excluding hydrogens is 216 g/mol. The zero-order valence-electron chi connectivity index (χ0n) is 10.8. The van der Waals surface area contributed by atoms with Crippen molar-refractivity contribution in [3.63, 3.8) is 0 Å². The molecule has 0 aliphatic heterocycles. The highest BCUT2D eigenvalue weighted by molar-refractivity contribution is 7.11. The molecule has 90 valence electrons. The molecule has 1 aromatic rings. The largest absolute Gasteiger partial charge is 0.303 e. The van der Waals surface area contributed by atoms with Gasteiger partial charge in [0.25, 0.3) is 0 Å². The molecule has 1 N–H and O–H groups in total. The van der Waals surface area contributed by atoms with Crippen molar-refractivity contribution in [2.75, 3.05) is 0 Å². The predicted octanol–water partition coefficient (Wildman–Crippen LogP) is 3.39. The maximum atomic E-state index is 4.81. The van der Waals surface area contributed by atoms with Crippen LogP contribution >= 0.6 is 11.3 Å². The third-order valence-corrected chi connectivity index (χ3v) is 4.78. The number of nitrogens with zero attached hydrogens (tertiary/aromatic N) is 1. The van der Waals surface area contributed by atoms with Gasteiger partial charge < -0.3 is 5.32 Å². The molecule has 1 aliphatic carbocycles. The maximum absolute atomic E-state index is 4.81. The summed E-state index contributed by atoms with van der Waals surface area (Å²) in [5, 5.41) is 5.02. The van der Waals surface area contributed by atoms with E-state index in [-0.39, 0.29) is 5.54 Å². The monoisotopic (exact) mass is 238 g/mol. The van der Waals surface area contributed by atoms with Crippen molar-refractivity contribution < 1.29 is 0 Å². The van der Waals surface area contributed by atoms with Crippen molar-refractivity contribution in [2.45, 2.75) is 65.0 Å². The van der Waals surface area contributed by atoms with Crippen LogP contribution in [0.4, 0.5) is 0 Å². The first-order chi connectivity index (χ1) is 7.59. The van der Waals surface area contributed by atoms with E-state index in [0.717, 1.165) is 18.9 Å². The quantitative estimate of drug-likeness (QED) is 0.850. The van der Waals surface area contributed by atoms with Crippen LogP contribution in [0.15, 0.2) is 0 Å². The Morgan fingerprint density at radius 1 is 1.44 bits per heavy atom. The van der Waals surface area contributed by atoms with Gasteiger partial charge in [0.2, 0.25) is 0 Å². The molecule has 1 unspecified atom stereocenters. The minimum Gasteiger partial charge on any atom is -0.303 e. The minimum absolute atomic E-state index is 0.0873.